The number of aryl methyl sites for hydroxylation is 1. The highest BCUT2D eigenvalue weighted by atomic mass is 19.1. The Hall–Kier alpha value is -3.93. The first-order valence-corrected chi connectivity index (χ1v) is 9.07. The van der Waals surface area contributed by atoms with Gasteiger partial charge in [-0.1, -0.05) is 24.3 Å². The fourth-order valence-corrected chi connectivity index (χ4v) is 3.22. The maximum absolute atomic E-state index is 13.1. The molecule has 0 unspecified atom stereocenters. The van der Waals surface area contributed by atoms with Crippen LogP contribution < -0.4 is 10.6 Å². The molecule has 0 spiro atoms. The summed E-state index contributed by atoms with van der Waals surface area (Å²) in [6.07, 6.45) is 1.59. The minimum atomic E-state index is -0.378. The molecular formula is C23H18FN3O2. The number of halogens is 1. The Kier molecular flexibility index (Phi) is 4.83. The van der Waals surface area contributed by atoms with E-state index in [-0.39, 0.29) is 17.6 Å². The average Bonchev–Trinajstić information content (AvgIpc) is 3.15. The van der Waals surface area contributed by atoms with Gasteiger partial charge in [0, 0.05) is 28.4 Å². The van der Waals surface area contributed by atoms with Crippen LogP contribution in [0.2, 0.25) is 0 Å². The van der Waals surface area contributed by atoms with E-state index in [9.17, 15) is 14.0 Å². The molecule has 0 fully saturated rings. The monoisotopic (exact) mass is 387 g/mol. The third-order valence-corrected chi connectivity index (χ3v) is 4.69. The van der Waals surface area contributed by atoms with Crippen molar-refractivity contribution in [3.8, 4) is 0 Å². The zero-order valence-corrected chi connectivity index (χ0v) is 15.6. The van der Waals surface area contributed by atoms with E-state index < -0.39 is 0 Å². The van der Waals surface area contributed by atoms with Crippen LogP contribution >= 0.6 is 0 Å². The molecule has 29 heavy (non-hydrogen) atoms. The predicted octanol–water partition coefficient (Wildman–Crippen LogP) is 5.12. The molecule has 0 aliphatic heterocycles. The van der Waals surface area contributed by atoms with Gasteiger partial charge in [0.05, 0.1) is 11.3 Å². The number of hydrogen-bond donors (Lipinski definition) is 3. The molecule has 0 radical (unpaired) electrons. The van der Waals surface area contributed by atoms with E-state index in [2.05, 4.69) is 15.6 Å². The van der Waals surface area contributed by atoms with E-state index in [1.807, 2.05) is 25.1 Å². The molecule has 4 rings (SSSR count). The Morgan fingerprint density at radius 3 is 2.31 bits per heavy atom. The summed E-state index contributed by atoms with van der Waals surface area (Å²) in [6.45, 7) is 1.87. The summed E-state index contributed by atoms with van der Waals surface area (Å²) in [4.78, 5) is 28.6. The molecule has 1 aromatic heterocycles. The summed E-state index contributed by atoms with van der Waals surface area (Å²) >= 11 is 0. The van der Waals surface area contributed by atoms with Gasteiger partial charge in [-0.15, -0.1) is 0 Å². The van der Waals surface area contributed by atoms with Crippen LogP contribution in [-0.4, -0.2) is 16.8 Å². The van der Waals surface area contributed by atoms with Crippen molar-refractivity contribution in [2.45, 2.75) is 6.92 Å². The molecular weight excluding hydrogens is 369 g/mol. The maximum atomic E-state index is 13.1. The Morgan fingerprint density at radius 1 is 0.828 bits per heavy atom. The van der Waals surface area contributed by atoms with Gasteiger partial charge >= 0.3 is 0 Å². The summed E-state index contributed by atoms with van der Waals surface area (Å²) in [7, 11) is 0. The number of H-pyrrole nitrogens is 1. The molecule has 4 aromatic rings. The van der Waals surface area contributed by atoms with E-state index in [1.54, 1.807) is 30.5 Å². The second-order valence-electron chi connectivity index (χ2n) is 6.66. The first-order valence-electron chi connectivity index (χ1n) is 9.07. The van der Waals surface area contributed by atoms with Gasteiger partial charge in [-0.2, -0.15) is 0 Å². The second kappa shape index (κ2) is 7.59. The Labute approximate surface area is 166 Å². The number of carbonyl (C=O) groups excluding carboxylic acids is 2. The number of rotatable bonds is 4. The Bertz CT molecular complexity index is 1210. The normalized spacial score (nSPS) is 10.7. The molecule has 0 aliphatic carbocycles. The number of aromatic nitrogens is 1. The smallest absolute Gasteiger partial charge is 0.257 e. The first-order chi connectivity index (χ1) is 14.0. The molecule has 0 saturated carbocycles. The largest absolute Gasteiger partial charge is 0.360 e. The molecule has 2 amide bonds. The van der Waals surface area contributed by atoms with Gasteiger partial charge in [0.2, 0.25) is 0 Å². The van der Waals surface area contributed by atoms with Crippen molar-refractivity contribution in [3.63, 3.8) is 0 Å². The fourth-order valence-electron chi connectivity index (χ4n) is 3.22. The summed E-state index contributed by atoms with van der Waals surface area (Å²) in [5, 5.41) is 6.26. The lowest BCUT2D eigenvalue weighted by Gasteiger charge is -2.10. The minimum Gasteiger partial charge on any atom is -0.360 e. The number of aromatic amines is 1. The average molecular weight is 387 g/mol. The van der Waals surface area contributed by atoms with Gasteiger partial charge in [-0.05, 0) is 55.0 Å². The molecule has 144 valence electrons. The Balaban J connectivity index is 1.66. The molecule has 3 aromatic carbocycles. The molecule has 6 heteroatoms. The van der Waals surface area contributed by atoms with Crippen molar-refractivity contribution in [1.29, 1.82) is 0 Å². The quantitative estimate of drug-likeness (QED) is 0.455. The summed E-state index contributed by atoms with van der Waals surface area (Å²) < 4.78 is 13.1. The number of anilines is 2. The van der Waals surface area contributed by atoms with Crippen LogP contribution in [0.5, 0.6) is 0 Å². The van der Waals surface area contributed by atoms with Gasteiger partial charge in [0.1, 0.15) is 5.82 Å². The molecule has 3 N–H and O–H groups in total. The molecule has 0 aliphatic rings. The van der Waals surface area contributed by atoms with Crippen molar-refractivity contribution in [2.24, 2.45) is 0 Å². The zero-order valence-electron chi connectivity index (χ0n) is 15.6. The number of benzene rings is 3. The number of amides is 2. The highest BCUT2D eigenvalue weighted by Crippen LogP contribution is 2.28. The van der Waals surface area contributed by atoms with Crippen LogP contribution in [0.4, 0.5) is 15.8 Å². The van der Waals surface area contributed by atoms with Crippen molar-refractivity contribution >= 4 is 34.1 Å². The van der Waals surface area contributed by atoms with Gasteiger partial charge in [-0.25, -0.2) is 4.39 Å². The number of carbonyl (C=O) groups is 2. The molecule has 0 atom stereocenters. The number of hydrogen-bond acceptors (Lipinski definition) is 2. The van der Waals surface area contributed by atoms with Crippen molar-refractivity contribution in [1.82, 2.24) is 4.98 Å². The van der Waals surface area contributed by atoms with Crippen LogP contribution in [0.15, 0.2) is 72.9 Å². The van der Waals surface area contributed by atoms with E-state index in [4.69, 9.17) is 0 Å². The lowest BCUT2D eigenvalue weighted by atomic mass is 10.1. The number of nitrogens with one attached hydrogen (secondary N) is 3. The van der Waals surface area contributed by atoms with Crippen LogP contribution in [0, 0.1) is 12.7 Å². The summed E-state index contributed by atoms with van der Waals surface area (Å²) in [5.74, 6) is -0.988. The molecule has 5 nitrogen and oxygen atoms in total. The van der Waals surface area contributed by atoms with Gasteiger partial charge in [0.15, 0.2) is 0 Å². The van der Waals surface area contributed by atoms with Crippen LogP contribution in [0.25, 0.3) is 10.9 Å². The fraction of sp³-hybridized carbons (Fsp3) is 0.0435. The SMILES string of the molecule is Cc1ccccc1C(=O)Nc1cccc2[nH]cc(C(=O)Nc3ccc(F)cc3)c12. The lowest BCUT2D eigenvalue weighted by molar-refractivity contribution is 0.101. The van der Waals surface area contributed by atoms with Gasteiger partial charge in [-0.3, -0.25) is 9.59 Å². The summed E-state index contributed by atoms with van der Waals surface area (Å²) in [5.41, 5.74) is 3.54. The highest BCUT2D eigenvalue weighted by Gasteiger charge is 2.17. The van der Waals surface area contributed by atoms with Crippen molar-refractivity contribution in [3.05, 3.63) is 95.4 Å². The summed E-state index contributed by atoms with van der Waals surface area (Å²) in [6, 6.07) is 18.2. The third kappa shape index (κ3) is 3.73. The van der Waals surface area contributed by atoms with Gasteiger partial charge < -0.3 is 15.6 Å². The second-order valence-corrected chi connectivity index (χ2v) is 6.66. The maximum Gasteiger partial charge on any atom is 0.257 e. The molecule has 0 saturated heterocycles. The van der Waals surface area contributed by atoms with Crippen LogP contribution in [0.1, 0.15) is 26.3 Å². The topological polar surface area (TPSA) is 74.0 Å². The highest BCUT2D eigenvalue weighted by molar-refractivity contribution is 6.18. The van der Waals surface area contributed by atoms with Crippen LogP contribution in [-0.2, 0) is 0 Å². The van der Waals surface area contributed by atoms with E-state index in [0.717, 1.165) is 11.1 Å². The van der Waals surface area contributed by atoms with Crippen molar-refractivity contribution in [2.75, 3.05) is 10.6 Å². The lowest BCUT2D eigenvalue weighted by Crippen LogP contribution is -2.15. The van der Waals surface area contributed by atoms with Crippen molar-refractivity contribution < 1.29 is 14.0 Å². The van der Waals surface area contributed by atoms with E-state index >= 15 is 0 Å². The zero-order chi connectivity index (χ0) is 20.4. The van der Waals surface area contributed by atoms with Gasteiger partial charge in [0.25, 0.3) is 11.8 Å². The molecule has 0 bridgehead atoms. The molecule has 1 heterocycles. The number of fused-ring (bicyclic) bond motifs is 1. The predicted molar refractivity (Wildman–Crippen MR) is 112 cm³/mol. The Morgan fingerprint density at radius 2 is 1.55 bits per heavy atom. The third-order valence-electron chi connectivity index (χ3n) is 4.69. The van der Waals surface area contributed by atoms with Crippen LogP contribution in [0.3, 0.4) is 0 Å². The van der Waals surface area contributed by atoms with E-state index in [1.165, 1.54) is 24.3 Å². The minimum absolute atomic E-state index is 0.248. The standard InChI is InChI=1S/C23H18FN3O2/c1-14-5-2-3-6-17(14)22(28)27-20-8-4-7-19-21(20)18(13-25-19)23(29)26-16-11-9-15(24)10-12-16/h2-13,25H,1H3,(H,26,29)(H,27,28). The first kappa shape index (κ1) is 18.4. The van der Waals surface area contributed by atoms with E-state index in [0.29, 0.717) is 27.9 Å².